The highest BCUT2D eigenvalue weighted by Crippen LogP contribution is 2.03. The summed E-state index contributed by atoms with van der Waals surface area (Å²) in [6.45, 7) is 0.377. The molecule has 0 saturated carbocycles. The number of rotatable bonds is 11. The Balaban J connectivity index is 4.94. The molecule has 0 aliphatic carbocycles. The highest BCUT2D eigenvalue weighted by atomic mass is 32.2. The Hall–Kier alpha value is -1.85. The monoisotopic (exact) mass is 364 g/mol. The van der Waals surface area contributed by atoms with Crippen LogP contribution < -0.4 is 21.7 Å². The number of carboxylic acids is 1. The van der Waals surface area contributed by atoms with Crippen LogP contribution in [0.1, 0.15) is 13.3 Å². The zero-order valence-electron chi connectivity index (χ0n) is 13.6. The minimum Gasteiger partial charge on any atom is -0.480 e. The minimum atomic E-state index is -1.27. The Kier molecular flexibility index (Phi) is 10.8. The van der Waals surface area contributed by atoms with Crippen LogP contribution in [0.4, 0.5) is 0 Å². The summed E-state index contributed by atoms with van der Waals surface area (Å²) in [5, 5.41) is 25.1. The maximum absolute atomic E-state index is 12.2. The summed E-state index contributed by atoms with van der Waals surface area (Å²) in [5.41, 5.74) is 5.16. The van der Waals surface area contributed by atoms with E-state index in [4.69, 9.17) is 10.8 Å². The van der Waals surface area contributed by atoms with Gasteiger partial charge in [0.2, 0.25) is 17.7 Å². The lowest BCUT2D eigenvalue weighted by Crippen LogP contribution is -2.58. The molecule has 0 spiro atoms. The van der Waals surface area contributed by atoms with E-state index >= 15 is 0 Å². The number of thioether (sulfide) groups is 1. The number of aliphatic hydroxyl groups is 1. The largest absolute Gasteiger partial charge is 0.480 e. The lowest BCUT2D eigenvalue weighted by Gasteiger charge is -2.24. The fourth-order valence-electron chi connectivity index (χ4n) is 1.69. The summed E-state index contributed by atoms with van der Waals surface area (Å²) in [7, 11) is 0. The molecule has 11 heteroatoms. The third-order valence-electron chi connectivity index (χ3n) is 2.92. The molecule has 24 heavy (non-hydrogen) atoms. The zero-order valence-corrected chi connectivity index (χ0v) is 14.4. The predicted octanol–water partition coefficient (Wildman–Crippen LogP) is -2.75. The number of aliphatic hydroxyl groups excluding tert-OH is 1. The molecule has 138 valence electrons. The highest BCUT2D eigenvalue weighted by Gasteiger charge is 2.29. The van der Waals surface area contributed by atoms with Crippen LogP contribution in [0.2, 0.25) is 0 Å². The summed E-state index contributed by atoms with van der Waals surface area (Å²) in [5.74, 6) is -2.72. The third-order valence-corrected chi connectivity index (χ3v) is 3.57. The second-order valence-electron chi connectivity index (χ2n) is 4.94. The standard InChI is InChI=1S/C13H24N4O6S/c1-7(18)11(17-9(19)5-14)13(23)16-8(3-4-24-2)12(22)15-6-10(20)21/h7-8,11,18H,3-6,14H2,1-2H3,(H,15,22)(H,16,23)(H,17,19)(H,20,21). The molecule has 0 bridgehead atoms. The van der Waals surface area contributed by atoms with Crippen LogP contribution in [0, 0.1) is 0 Å². The van der Waals surface area contributed by atoms with Crippen molar-refractivity contribution in [3.8, 4) is 0 Å². The van der Waals surface area contributed by atoms with Crippen molar-refractivity contribution in [2.45, 2.75) is 31.5 Å². The topological polar surface area (TPSA) is 171 Å². The molecule has 0 aromatic rings. The first kappa shape index (κ1) is 22.1. The molecular formula is C13H24N4O6S. The SMILES string of the molecule is CSCCC(NC(=O)C(NC(=O)CN)C(C)O)C(=O)NCC(=O)O. The second kappa shape index (κ2) is 11.6. The zero-order chi connectivity index (χ0) is 18.7. The van der Waals surface area contributed by atoms with Crippen LogP contribution in [-0.4, -0.2) is 77.2 Å². The van der Waals surface area contributed by atoms with Gasteiger partial charge in [0.25, 0.3) is 0 Å². The van der Waals surface area contributed by atoms with Crippen LogP contribution in [0.5, 0.6) is 0 Å². The number of hydrogen-bond acceptors (Lipinski definition) is 7. The first-order valence-corrected chi connectivity index (χ1v) is 8.58. The molecule has 0 saturated heterocycles. The Morgan fingerprint density at radius 2 is 1.79 bits per heavy atom. The summed E-state index contributed by atoms with van der Waals surface area (Å²) < 4.78 is 0. The van der Waals surface area contributed by atoms with Crippen molar-refractivity contribution < 1.29 is 29.4 Å². The molecule has 0 aromatic carbocycles. The van der Waals surface area contributed by atoms with Crippen molar-refractivity contribution in [3.63, 3.8) is 0 Å². The van der Waals surface area contributed by atoms with Crippen molar-refractivity contribution in [1.82, 2.24) is 16.0 Å². The van der Waals surface area contributed by atoms with Crippen molar-refractivity contribution in [1.29, 1.82) is 0 Å². The van der Waals surface area contributed by atoms with E-state index in [1.54, 1.807) is 0 Å². The maximum Gasteiger partial charge on any atom is 0.322 e. The Bertz CT molecular complexity index is 460. The molecule has 7 N–H and O–H groups in total. The normalized spacial score (nSPS) is 14.2. The molecule has 0 aromatic heterocycles. The number of carboxylic acid groups (broad SMARTS) is 1. The molecule has 0 aliphatic heterocycles. The second-order valence-corrected chi connectivity index (χ2v) is 5.93. The van der Waals surface area contributed by atoms with Gasteiger partial charge in [0.15, 0.2) is 0 Å². The number of carbonyl (C=O) groups is 4. The summed E-state index contributed by atoms with van der Waals surface area (Å²) >= 11 is 1.44. The fourth-order valence-corrected chi connectivity index (χ4v) is 2.16. The van der Waals surface area contributed by atoms with Gasteiger partial charge in [0.05, 0.1) is 12.6 Å². The molecule has 0 heterocycles. The molecular weight excluding hydrogens is 340 g/mol. The van der Waals surface area contributed by atoms with Crippen LogP contribution in [0.3, 0.4) is 0 Å². The van der Waals surface area contributed by atoms with Crippen molar-refractivity contribution in [2.75, 3.05) is 25.1 Å². The average Bonchev–Trinajstić information content (AvgIpc) is 2.53. The number of amides is 3. The first-order chi connectivity index (χ1) is 11.2. The van der Waals surface area contributed by atoms with E-state index in [0.717, 1.165) is 0 Å². The molecule has 3 unspecified atom stereocenters. The number of carbonyl (C=O) groups excluding carboxylic acids is 3. The number of nitrogens with two attached hydrogens (primary N) is 1. The van der Waals surface area contributed by atoms with E-state index < -0.39 is 48.4 Å². The van der Waals surface area contributed by atoms with Gasteiger partial charge in [-0.3, -0.25) is 19.2 Å². The smallest absolute Gasteiger partial charge is 0.322 e. The van der Waals surface area contributed by atoms with Gasteiger partial charge in [-0.2, -0.15) is 11.8 Å². The third kappa shape index (κ3) is 8.70. The van der Waals surface area contributed by atoms with Gasteiger partial charge in [0, 0.05) is 0 Å². The van der Waals surface area contributed by atoms with Gasteiger partial charge in [-0.25, -0.2) is 0 Å². The molecule has 10 nitrogen and oxygen atoms in total. The number of hydrogen-bond donors (Lipinski definition) is 6. The fraction of sp³-hybridized carbons (Fsp3) is 0.692. The quantitative estimate of drug-likeness (QED) is 0.229. The van der Waals surface area contributed by atoms with Gasteiger partial charge in [0.1, 0.15) is 18.6 Å². The van der Waals surface area contributed by atoms with Crippen LogP contribution in [-0.2, 0) is 19.2 Å². The average molecular weight is 364 g/mol. The van der Waals surface area contributed by atoms with Gasteiger partial charge < -0.3 is 31.9 Å². The Morgan fingerprint density at radius 3 is 2.25 bits per heavy atom. The van der Waals surface area contributed by atoms with Crippen molar-refractivity contribution in [2.24, 2.45) is 5.73 Å². The predicted molar refractivity (Wildman–Crippen MR) is 88.2 cm³/mol. The molecule has 0 fully saturated rings. The lowest BCUT2D eigenvalue weighted by atomic mass is 10.1. The molecule has 0 radical (unpaired) electrons. The summed E-state index contributed by atoms with van der Waals surface area (Å²) in [4.78, 5) is 46.1. The lowest BCUT2D eigenvalue weighted by molar-refractivity contribution is -0.138. The van der Waals surface area contributed by atoms with E-state index in [2.05, 4.69) is 16.0 Å². The van der Waals surface area contributed by atoms with E-state index in [1.807, 2.05) is 6.26 Å². The van der Waals surface area contributed by atoms with Crippen LogP contribution >= 0.6 is 11.8 Å². The maximum atomic E-state index is 12.2. The van der Waals surface area contributed by atoms with E-state index in [0.29, 0.717) is 5.75 Å². The van der Waals surface area contributed by atoms with E-state index in [9.17, 15) is 24.3 Å². The van der Waals surface area contributed by atoms with Crippen LogP contribution in [0.15, 0.2) is 0 Å². The Labute approximate surface area is 143 Å². The molecule has 0 rings (SSSR count). The first-order valence-electron chi connectivity index (χ1n) is 7.19. The summed E-state index contributed by atoms with van der Waals surface area (Å²) in [6, 6.07) is -2.26. The molecule has 3 atom stereocenters. The molecule has 3 amide bonds. The number of aliphatic carboxylic acids is 1. The van der Waals surface area contributed by atoms with E-state index in [-0.39, 0.29) is 13.0 Å². The minimum absolute atomic E-state index is 0.260. The van der Waals surface area contributed by atoms with Gasteiger partial charge >= 0.3 is 5.97 Å². The van der Waals surface area contributed by atoms with E-state index in [1.165, 1.54) is 18.7 Å². The van der Waals surface area contributed by atoms with Gasteiger partial charge in [-0.15, -0.1) is 0 Å². The van der Waals surface area contributed by atoms with Gasteiger partial charge in [-0.05, 0) is 25.4 Å². The van der Waals surface area contributed by atoms with Crippen molar-refractivity contribution in [3.05, 3.63) is 0 Å². The number of nitrogens with one attached hydrogen (secondary N) is 3. The van der Waals surface area contributed by atoms with Crippen molar-refractivity contribution >= 4 is 35.5 Å². The van der Waals surface area contributed by atoms with Crippen LogP contribution in [0.25, 0.3) is 0 Å². The highest BCUT2D eigenvalue weighted by molar-refractivity contribution is 7.98. The van der Waals surface area contributed by atoms with Gasteiger partial charge in [-0.1, -0.05) is 0 Å². The Morgan fingerprint density at radius 1 is 1.17 bits per heavy atom. The summed E-state index contributed by atoms with van der Waals surface area (Å²) in [6.07, 6.45) is 0.868. The molecule has 0 aliphatic rings.